The average molecular weight is 491 g/mol. The number of ether oxygens (including phenoxy) is 1. The van der Waals surface area contributed by atoms with Crippen LogP contribution in [0, 0.1) is 20.8 Å². The number of H-pyrrole nitrogens is 1. The van der Waals surface area contributed by atoms with Gasteiger partial charge in [-0.15, -0.1) is 0 Å². The zero-order chi connectivity index (χ0) is 25.4. The molecule has 2 aromatic carbocycles. The summed E-state index contributed by atoms with van der Waals surface area (Å²) in [5, 5.41) is 5.19. The largest absolute Gasteiger partial charge is 0.496 e. The predicted molar refractivity (Wildman–Crippen MR) is 129 cm³/mol. The minimum Gasteiger partial charge on any atom is -0.496 e. The number of benzene rings is 2. The summed E-state index contributed by atoms with van der Waals surface area (Å²) >= 11 is 0. The van der Waals surface area contributed by atoms with E-state index in [1.807, 2.05) is 19.9 Å². The molecule has 3 aromatic heterocycles. The molecule has 0 bridgehead atoms. The van der Waals surface area contributed by atoms with Gasteiger partial charge in [0.15, 0.2) is 0 Å². The number of aryl methyl sites for hydroxylation is 3. The molecule has 1 atom stereocenters. The molecule has 0 aliphatic carbocycles. The van der Waals surface area contributed by atoms with E-state index in [0.717, 1.165) is 11.1 Å². The van der Waals surface area contributed by atoms with Crippen molar-refractivity contribution in [2.45, 2.75) is 32.9 Å². The number of aromatic amines is 1. The van der Waals surface area contributed by atoms with Crippen molar-refractivity contribution in [1.82, 2.24) is 20.1 Å². The van der Waals surface area contributed by atoms with Crippen molar-refractivity contribution in [3.8, 4) is 16.9 Å². The normalized spacial score (nSPS) is 15.5. The van der Waals surface area contributed by atoms with Gasteiger partial charge in [0.1, 0.15) is 28.7 Å². The van der Waals surface area contributed by atoms with Crippen LogP contribution in [-0.2, 0) is 0 Å². The number of aromatic nitrogens is 4. The fourth-order valence-corrected chi connectivity index (χ4v) is 5.09. The Bertz CT molecular complexity index is 1700. The Kier molecular flexibility index (Phi) is 4.73. The molecule has 0 spiro atoms. The maximum atomic E-state index is 14.2. The van der Waals surface area contributed by atoms with Crippen molar-refractivity contribution in [1.29, 1.82) is 0 Å². The molecule has 182 valence electrons. The summed E-state index contributed by atoms with van der Waals surface area (Å²) in [6, 6.07) is 10.3. The second-order valence-corrected chi connectivity index (χ2v) is 8.79. The van der Waals surface area contributed by atoms with Crippen LogP contribution < -0.4 is 4.74 Å². The highest BCUT2D eigenvalue weighted by atomic mass is 19.4. The fourth-order valence-electron chi connectivity index (χ4n) is 5.09. The zero-order valence-corrected chi connectivity index (χ0v) is 19.8. The summed E-state index contributed by atoms with van der Waals surface area (Å²) in [5.41, 5.74) is 3.47. The van der Waals surface area contributed by atoms with Crippen LogP contribution >= 0.6 is 0 Å². The zero-order valence-electron chi connectivity index (χ0n) is 19.8. The van der Waals surface area contributed by atoms with E-state index in [4.69, 9.17) is 9.26 Å². The van der Waals surface area contributed by atoms with Gasteiger partial charge in [0.25, 0.3) is 0 Å². The molecule has 1 aliphatic heterocycles. The standard InChI is InChI=1S/C26H20F3N5O2/c1-11-20(12(2)36-34-11)16-9-18-15(10-19(16)35-4)22-23(30-13(3)31-25(22)33-18)21-14-7-5-6-8-17(14)32-24(21)26(27,28)29/h5-10,21H,1-4H3,(H,30,31,33). The lowest BCUT2D eigenvalue weighted by Crippen LogP contribution is -2.28. The molecule has 5 aromatic rings. The van der Waals surface area contributed by atoms with E-state index in [1.165, 1.54) is 0 Å². The van der Waals surface area contributed by atoms with E-state index in [2.05, 4.69) is 25.1 Å². The van der Waals surface area contributed by atoms with Gasteiger partial charge in [0, 0.05) is 21.9 Å². The van der Waals surface area contributed by atoms with Gasteiger partial charge in [-0.25, -0.2) is 15.0 Å². The van der Waals surface area contributed by atoms with Crippen molar-refractivity contribution in [2.75, 3.05) is 7.11 Å². The number of hydrogen-bond donors (Lipinski definition) is 1. The summed E-state index contributed by atoms with van der Waals surface area (Å²) in [7, 11) is 1.54. The van der Waals surface area contributed by atoms with E-state index in [0.29, 0.717) is 50.5 Å². The SMILES string of the molecule is COc1cc2c(cc1-c1c(C)noc1C)[nH]c1nc(C)nc(C3C(C(F)(F)F)=Nc4ccccc43)c12. The number of para-hydroxylation sites is 1. The van der Waals surface area contributed by atoms with E-state index < -0.39 is 17.8 Å². The molecule has 1 unspecified atom stereocenters. The van der Waals surface area contributed by atoms with Gasteiger partial charge in [0.2, 0.25) is 0 Å². The molecule has 0 saturated carbocycles. The van der Waals surface area contributed by atoms with Crippen LogP contribution in [0.2, 0.25) is 0 Å². The van der Waals surface area contributed by atoms with Crippen LogP contribution in [-0.4, -0.2) is 39.1 Å². The number of nitrogens with one attached hydrogen (secondary N) is 1. The Hall–Kier alpha value is -4.21. The third-order valence-electron chi connectivity index (χ3n) is 6.54. The molecule has 1 N–H and O–H groups in total. The highest BCUT2D eigenvalue weighted by Gasteiger charge is 2.47. The Balaban J connectivity index is 1.67. The Morgan fingerprint density at radius 1 is 1.06 bits per heavy atom. The van der Waals surface area contributed by atoms with Crippen LogP contribution in [0.4, 0.5) is 18.9 Å². The lowest BCUT2D eigenvalue weighted by atomic mass is 9.89. The number of nitrogens with zero attached hydrogens (tertiary/aromatic N) is 4. The van der Waals surface area contributed by atoms with Crippen LogP contribution in [0.5, 0.6) is 5.75 Å². The van der Waals surface area contributed by atoms with Crippen molar-refractivity contribution in [2.24, 2.45) is 4.99 Å². The molecule has 0 saturated heterocycles. The average Bonchev–Trinajstić information content (AvgIpc) is 3.49. The van der Waals surface area contributed by atoms with Crippen molar-refractivity contribution in [3.63, 3.8) is 0 Å². The van der Waals surface area contributed by atoms with E-state index in [-0.39, 0.29) is 11.4 Å². The summed E-state index contributed by atoms with van der Waals surface area (Å²) in [5.74, 6) is 0.331. The number of alkyl halides is 3. The minimum absolute atomic E-state index is 0.247. The second kappa shape index (κ2) is 7.64. The van der Waals surface area contributed by atoms with Crippen LogP contribution in [0.15, 0.2) is 45.9 Å². The summed E-state index contributed by atoms with van der Waals surface area (Å²) < 4.78 is 53.6. The smallest absolute Gasteiger partial charge is 0.430 e. The van der Waals surface area contributed by atoms with E-state index in [9.17, 15) is 13.2 Å². The maximum Gasteiger partial charge on any atom is 0.430 e. The third kappa shape index (κ3) is 3.20. The molecule has 0 amide bonds. The van der Waals surface area contributed by atoms with Gasteiger partial charge in [0.05, 0.1) is 35.7 Å². The Labute approximate surface area is 203 Å². The first-order valence-electron chi connectivity index (χ1n) is 11.2. The van der Waals surface area contributed by atoms with Crippen molar-refractivity contribution in [3.05, 3.63) is 64.9 Å². The van der Waals surface area contributed by atoms with E-state index >= 15 is 0 Å². The first kappa shape index (κ1) is 22.3. The molecule has 0 radical (unpaired) electrons. The lowest BCUT2D eigenvalue weighted by molar-refractivity contribution is -0.0605. The third-order valence-corrected chi connectivity index (χ3v) is 6.54. The number of hydrogen-bond acceptors (Lipinski definition) is 6. The van der Waals surface area contributed by atoms with Crippen molar-refractivity contribution >= 4 is 33.3 Å². The van der Waals surface area contributed by atoms with Crippen molar-refractivity contribution < 1.29 is 22.4 Å². The summed E-state index contributed by atoms with van der Waals surface area (Å²) in [6.07, 6.45) is -4.63. The molecule has 6 rings (SSSR count). The second-order valence-electron chi connectivity index (χ2n) is 8.79. The molecule has 4 heterocycles. The summed E-state index contributed by atoms with van der Waals surface area (Å²) in [4.78, 5) is 16.3. The minimum atomic E-state index is -4.63. The Morgan fingerprint density at radius 2 is 1.83 bits per heavy atom. The van der Waals surface area contributed by atoms with Gasteiger partial charge in [-0.05, 0) is 44.5 Å². The molecule has 1 aliphatic rings. The van der Waals surface area contributed by atoms with Crippen LogP contribution in [0.25, 0.3) is 33.1 Å². The van der Waals surface area contributed by atoms with Gasteiger partial charge >= 0.3 is 6.18 Å². The molecule has 10 heteroatoms. The number of fused-ring (bicyclic) bond motifs is 4. The monoisotopic (exact) mass is 491 g/mol. The maximum absolute atomic E-state index is 14.2. The fraction of sp³-hybridized carbons (Fsp3) is 0.231. The van der Waals surface area contributed by atoms with Crippen LogP contribution in [0.3, 0.4) is 0 Å². The topological polar surface area (TPSA) is 89.2 Å². The number of rotatable bonds is 3. The van der Waals surface area contributed by atoms with Gasteiger partial charge in [-0.3, -0.25) is 0 Å². The van der Waals surface area contributed by atoms with Gasteiger partial charge in [-0.2, -0.15) is 13.2 Å². The van der Waals surface area contributed by atoms with Crippen LogP contribution in [0.1, 0.15) is 34.5 Å². The predicted octanol–water partition coefficient (Wildman–Crippen LogP) is 6.48. The first-order chi connectivity index (χ1) is 17.2. The highest BCUT2D eigenvalue weighted by Crippen LogP contribution is 2.47. The quantitative estimate of drug-likeness (QED) is 0.312. The summed E-state index contributed by atoms with van der Waals surface area (Å²) in [6.45, 7) is 5.31. The highest BCUT2D eigenvalue weighted by molar-refractivity contribution is 6.13. The molecular formula is C26H20F3N5O2. The van der Waals surface area contributed by atoms with Gasteiger partial charge < -0.3 is 14.2 Å². The van der Waals surface area contributed by atoms with Gasteiger partial charge in [-0.1, -0.05) is 23.4 Å². The molecule has 0 fully saturated rings. The molecule has 7 nitrogen and oxygen atoms in total. The number of methoxy groups -OCH3 is 1. The molecule has 36 heavy (non-hydrogen) atoms. The Morgan fingerprint density at radius 3 is 2.53 bits per heavy atom. The molecular weight excluding hydrogens is 471 g/mol. The number of aliphatic imine (C=N–C) groups is 1. The first-order valence-corrected chi connectivity index (χ1v) is 11.2. The number of halogens is 3. The lowest BCUT2D eigenvalue weighted by Gasteiger charge is -2.18. The van der Waals surface area contributed by atoms with E-state index in [1.54, 1.807) is 44.4 Å².